The largest absolute Gasteiger partial charge is 0.349 e. The number of likely N-dealkylation sites (tertiary alicyclic amines) is 1. The molecule has 0 saturated carbocycles. The monoisotopic (exact) mass is 348 g/mol. The number of carbonyl (C=O) groups excluding carboxylic acids is 1. The van der Waals surface area contributed by atoms with E-state index in [1.54, 1.807) is 0 Å². The molecule has 4 rings (SSSR count). The van der Waals surface area contributed by atoms with Crippen molar-refractivity contribution < 1.29 is 4.79 Å². The summed E-state index contributed by atoms with van der Waals surface area (Å²) in [5, 5.41) is 11.1. The van der Waals surface area contributed by atoms with E-state index in [9.17, 15) is 4.79 Å². The lowest BCUT2D eigenvalue weighted by Gasteiger charge is -2.28. The molecule has 2 aromatic carbocycles. The maximum atomic E-state index is 12.7. The highest BCUT2D eigenvalue weighted by atomic mass is 16.1. The van der Waals surface area contributed by atoms with Gasteiger partial charge in [0.15, 0.2) is 5.69 Å². The van der Waals surface area contributed by atoms with Gasteiger partial charge in [-0.05, 0) is 44.5 Å². The zero-order chi connectivity index (χ0) is 17.9. The molecule has 0 aliphatic carbocycles. The molecular formula is C21H24N4O. The number of H-pyrrole nitrogens is 1. The summed E-state index contributed by atoms with van der Waals surface area (Å²) in [4.78, 5) is 15.2. The van der Waals surface area contributed by atoms with E-state index in [2.05, 4.69) is 51.6 Å². The molecule has 26 heavy (non-hydrogen) atoms. The second-order valence-corrected chi connectivity index (χ2v) is 7.00. The molecule has 1 aliphatic rings. The first-order valence-electron chi connectivity index (χ1n) is 9.24. The van der Waals surface area contributed by atoms with Gasteiger partial charge in [0.1, 0.15) is 0 Å². The Morgan fingerprint density at radius 2 is 1.88 bits per heavy atom. The van der Waals surface area contributed by atoms with E-state index >= 15 is 0 Å². The minimum Gasteiger partial charge on any atom is -0.349 e. The van der Waals surface area contributed by atoms with Gasteiger partial charge in [-0.25, -0.2) is 0 Å². The van der Waals surface area contributed by atoms with Crippen molar-refractivity contribution in [3.05, 3.63) is 65.4 Å². The number of nitrogens with zero attached hydrogens (tertiary/aromatic N) is 2. The molecular weight excluding hydrogens is 324 g/mol. The lowest BCUT2D eigenvalue weighted by molar-refractivity contribution is 0.0934. The van der Waals surface area contributed by atoms with E-state index in [4.69, 9.17) is 0 Å². The fraction of sp³-hybridized carbons (Fsp3) is 0.333. The molecule has 2 heterocycles. The lowest BCUT2D eigenvalue weighted by Crippen LogP contribution is -2.37. The van der Waals surface area contributed by atoms with E-state index in [-0.39, 0.29) is 11.9 Å². The third kappa shape index (κ3) is 3.35. The molecule has 0 bridgehead atoms. The minimum absolute atomic E-state index is 0.126. The molecule has 3 aromatic rings. The summed E-state index contributed by atoms with van der Waals surface area (Å²) in [6.45, 7) is 4.85. The van der Waals surface area contributed by atoms with Crippen LogP contribution >= 0.6 is 0 Å². The van der Waals surface area contributed by atoms with Crippen molar-refractivity contribution >= 4 is 16.8 Å². The Labute approximate surface area is 153 Å². The van der Waals surface area contributed by atoms with Crippen LogP contribution in [-0.2, 0) is 0 Å². The third-order valence-electron chi connectivity index (χ3n) is 5.18. The minimum atomic E-state index is -0.126. The molecule has 1 aromatic heterocycles. The van der Waals surface area contributed by atoms with Crippen molar-refractivity contribution in [3.63, 3.8) is 0 Å². The van der Waals surface area contributed by atoms with Crippen molar-refractivity contribution in [3.8, 4) is 0 Å². The molecule has 134 valence electrons. The van der Waals surface area contributed by atoms with Crippen molar-refractivity contribution in [2.45, 2.75) is 25.8 Å². The van der Waals surface area contributed by atoms with Gasteiger partial charge < -0.3 is 5.32 Å². The number of aromatic amines is 1. The molecule has 1 fully saturated rings. The maximum absolute atomic E-state index is 12.7. The number of aryl methyl sites for hydroxylation is 1. The second kappa shape index (κ2) is 7.30. The zero-order valence-electron chi connectivity index (χ0n) is 15.0. The predicted octanol–water partition coefficient (Wildman–Crippen LogP) is 3.44. The van der Waals surface area contributed by atoms with E-state index < -0.39 is 0 Å². The van der Waals surface area contributed by atoms with Crippen LogP contribution in [0.25, 0.3) is 10.9 Å². The van der Waals surface area contributed by atoms with Crippen molar-refractivity contribution in [1.82, 2.24) is 20.4 Å². The average molecular weight is 348 g/mol. The summed E-state index contributed by atoms with van der Waals surface area (Å²) in [6, 6.07) is 16.5. The van der Waals surface area contributed by atoms with Crippen LogP contribution in [0.2, 0.25) is 0 Å². The number of nitrogens with one attached hydrogen (secondary N) is 2. The number of amides is 1. The quantitative estimate of drug-likeness (QED) is 0.742. The first kappa shape index (κ1) is 16.8. The number of fused-ring (bicyclic) bond motifs is 1. The number of rotatable bonds is 5. The molecule has 0 spiro atoms. The Hall–Kier alpha value is -2.66. The molecule has 5 heteroatoms. The van der Waals surface area contributed by atoms with Gasteiger partial charge in [0.05, 0.1) is 11.6 Å². The Balaban J connectivity index is 1.52. The predicted molar refractivity (Wildman–Crippen MR) is 103 cm³/mol. The van der Waals surface area contributed by atoms with Crippen LogP contribution in [0.5, 0.6) is 0 Å². The normalized spacial score (nSPS) is 16.0. The summed E-state index contributed by atoms with van der Waals surface area (Å²) in [5.41, 5.74) is 3.85. The number of carbonyl (C=O) groups is 1. The Bertz CT molecular complexity index is 894. The van der Waals surface area contributed by atoms with Gasteiger partial charge in [0, 0.05) is 11.9 Å². The van der Waals surface area contributed by atoms with Crippen LogP contribution in [0, 0.1) is 6.92 Å². The van der Waals surface area contributed by atoms with E-state index in [0.717, 1.165) is 24.0 Å². The first-order valence-corrected chi connectivity index (χ1v) is 9.24. The van der Waals surface area contributed by atoms with Crippen LogP contribution in [0.3, 0.4) is 0 Å². The number of para-hydroxylation sites is 1. The summed E-state index contributed by atoms with van der Waals surface area (Å²) < 4.78 is 0. The molecule has 2 N–H and O–H groups in total. The number of hydrogen-bond donors (Lipinski definition) is 2. The van der Waals surface area contributed by atoms with Crippen molar-refractivity contribution in [2.24, 2.45) is 0 Å². The summed E-state index contributed by atoms with van der Waals surface area (Å²) in [5.74, 6) is -0.126. The Morgan fingerprint density at radius 1 is 1.15 bits per heavy atom. The molecule has 1 unspecified atom stereocenters. The molecule has 1 amide bonds. The maximum Gasteiger partial charge on any atom is 0.272 e. The number of aromatic nitrogens is 2. The van der Waals surface area contributed by atoms with Crippen molar-refractivity contribution in [2.75, 3.05) is 19.6 Å². The zero-order valence-corrected chi connectivity index (χ0v) is 15.0. The Kier molecular flexibility index (Phi) is 4.71. The summed E-state index contributed by atoms with van der Waals surface area (Å²) >= 11 is 0. The van der Waals surface area contributed by atoms with E-state index in [1.165, 1.54) is 24.0 Å². The van der Waals surface area contributed by atoms with Gasteiger partial charge in [-0.3, -0.25) is 14.8 Å². The average Bonchev–Trinajstić information content (AvgIpc) is 3.33. The highest BCUT2D eigenvalue weighted by Crippen LogP contribution is 2.25. The number of hydrogen-bond acceptors (Lipinski definition) is 3. The second-order valence-electron chi connectivity index (χ2n) is 7.00. The fourth-order valence-corrected chi connectivity index (χ4v) is 3.71. The highest BCUT2D eigenvalue weighted by Gasteiger charge is 2.24. The van der Waals surface area contributed by atoms with Gasteiger partial charge in [-0.1, -0.05) is 48.0 Å². The van der Waals surface area contributed by atoms with Crippen LogP contribution in [0.4, 0.5) is 0 Å². The highest BCUT2D eigenvalue weighted by molar-refractivity contribution is 6.04. The SMILES string of the molecule is Cc1ccc(C(CNC(=O)c2n[nH]c3ccccc23)N2CCCC2)cc1. The molecule has 0 radical (unpaired) electrons. The molecule has 5 nitrogen and oxygen atoms in total. The van der Waals surface area contributed by atoms with Crippen LogP contribution in [0.1, 0.15) is 40.5 Å². The van der Waals surface area contributed by atoms with Crippen LogP contribution in [-0.4, -0.2) is 40.6 Å². The first-order chi connectivity index (χ1) is 12.7. The Morgan fingerprint density at radius 3 is 2.65 bits per heavy atom. The van der Waals surface area contributed by atoms with Crippen LogP contribution < -0.4 is 5.32 Å². The molecule has 1 saturated heterocycles. The third-order valence-corrected chi connectivity index (χ3v) is 5.18. The number of benzene rings is 2. The van der Waals surface area contributed by atoms with E-state index in [1.807, 2.05) is 24.3 Å². The summed E-state index contributed by atoms with van der Waals surface area (Å²) in [6.07, 6.45) is 2.45. The van der Waals surface area contributed by atoms with Crippen molar-refractivity contribution in [1.29, 1.82) is 0 Å². The smallest absolute Gasteiger partial charge is 0.272 e. The van der Waals surface area contributed by atoms with Gasteiger partial charge in [0.25, 0.3) is 5.91 Å². The fourth-order valence-electron chi connectivity index (χ4n) is 3.71. The lowest BCUT2D eigenvalue weighted by atomic mass is 10.0. The van der Waals surface area contributed by atoms with E-state index in [0.29, 0.717) is 12.2 Å². The summed E-state index contributed by atoms with van der Waals surface area (Å²) in [7, 11) is 0. The van der Waals surface area contributed by atoms with Gasteiger partial charge in [0.2, 0.25) is 0 Å². The van der Waals surface area contributed by atoms with Gasteiger partial charge in [-0.15, -0.1) is 0 Å². The molecule has 1 atom stereocenters. The van der Waals surface area contributed by atoms with Gasteiger partial charge in [-0.2, -0.15) is 5.10 Å². The standard InChI is InChI=1S/C21H24N4O/c1-15-8-10-16(11-9-15)19(25-12-4-5-13-25)14-22-21(26)20-17-6-2-3-7-18(17)23-24-20/h2-3,6-11,19H,4-5,12-14H2,1H3,(H,22,26)(H,23,24). The van der Waals surface area contributed by atoms with Crippen LogP contribution in [0.15, 0.2) is 48.5 Å². The molecule has 1 aliphatic heterocycles. The topological polar surface area (TPSA) is 61.0 Å². The van der Waals surface area contributed by atoms with Gasteiger partial charge >= 0.3 is 0 Å².